The van der Waals surface area contributed by atoms with E-state index in [9.17, 15) is 29.7 Å². The maximum absolute atomic E-state index is 13.5. The number of imide groups is 1. The Morgan fingerprint density at radius 2 is 0.788 bits per heavy atom. The number of hydrogen-bond acceptors (Lipinski definition) is 5. The SMILES string of the molecule is CCCCCCCCCCCCCCCCCC(=O)N(C(=O)CCCCCCCCCCCCCCCCC)[C@@H](Cc1ccc(O)c(O)c1)C(=O)O. The molecule has 0 radical (unpaired) electrons. The number of aliphatic carboxylic acids is 1. The summed E-state index contributed by atoms with van der Waals surface area (Å²) in [5.74, 6) is -2.78. The monoisotopic (exact) mass is 730 g/mol. The van der Waals surface area contributed by atoms with Crippen molar-refractivity contribution < 1.29 is 29.7 Å². The van der Waals surface area contributed by atoms with Gasteiger partial charge >= 0.3 is 5.97 Å². The van der Waals surface area contributed by atoms with E-state index in [0.717, 1.165) is 43.4 Å². The van der Waals surface area contributed by atoms with Gasteiger partial charge in [-0.25, -0.2) is 4.79 Å². The van der Waals surface area contributed by atoms with Crippen molar-refractivity contribution in [2.24, 2.45) is 0 Å². The zero-order valence-corrected chi connectivity index (χ0v) is 33.7. The molecule has 2 amide bonds. The average Bonchev–Trinajstić information content (AvgIpc) is 3.12. The fourth-order valence-electron chi connectivity index (χ4n) is 7.23. The largest absolute Gasteiger partial charge is 0.504 e. The Bertz CT molecular complexity index is 997. The van der Waals surface area contributed by atoms with Gasteiger partial charge in [0.05, 0.1) is 0 Å². The molecule has 0 heterocycles. The van der Waals surface area contributed by atoms with Gasteiger partial charge in [-0.15, -0.1) is 0 Å². The number of phenols is 2. The number of carboxylic acids is 1. The lowest BCUT2D eigenvalue weighted by atomic mass is 10.0. The number of rotatable bonds is 36. The molecule has 0 spiro atoms. The highest BCUT2D eigenvalue weighted by Crippen LogP contribution is 2.27. The van der Waals surface area contributed by atoms with E-state index >= 15 is 0 Å². The molecule has 1 rings (SSSR count). The van der Waals surface area contributed by atoms with Gasteiger partial charge in [-0.1, -0.05) is 200 Å². The van der Waals surface area contributed by atoms with Crippen LogP contribution in [0.2, 0.25) is 0 Å². The fourth-order valence-corrected chi connectivity index (χ4v) is 7.23. The summed E-state index contributed by atoms with van der Waals surface area (Å²) in [5.41, 5.74) is 0.437. The molecule has 300 valence electrons. The number of amides is 2. The number of hydrogen-bond donors (Lipinski definition) is 3. The maximum Gasteiger partial charge on any atom is 0.327 e. The molecular weight excluding hydrogens is 650 g/mol. The number of nitrogens with zero attached hydrogens (tertiary/aromatic N) is 1. The summed E-state index contributed by atoms with van der Waals surface area (Å²) in [6.45, 7) is 4.51. The molecule has 0 aromatic heterocycles. The molecule has 1 aromatic carbocycles. The molecule has 0 aliphatic rings. The number of carboxylic acid groups (broad SMARTS) is 1. The van der Waals surface area contributed by atoms with Crippen LogP contribution in [0, 0.1) is 0 Å². The smallest absolute Gasteiger partial charge is 0.327 e. The summed E-state index contributed by atoms with van der Waals surface area (Å²) in [5, 5.41) is 29.9. The van der Waals surface area contributed by atoms with Gasteiger partial charge in [0, 0.05) is 19.3 Å². The van der Waals surface area contributed by atoms with Crippen molar-refractivity contribution in [3.63, 3.8) is 0 Å². The van der Waals surface area contributed by atoms with E-state index in [-0.39, 0.29) is 30.8 Å². The Labute approximate surface area is 318 Å². The van der Waals surface area contributed by atoms with E-state index < -0.39 is 23.8 Å². The van der Waals surface area contributed by atoms with Gasteiger partial charge in [-0.3, -0.25) is 14.5 Å². The standard InChI is InChI=1S/C45H79NO6/c1-3-5-7-9-11-13-15-17-19-21-23-25-27-29-31-33-43(49)46(40(45(51)52)37-39-35-36-41(47)42(48)38-39)44(50)34-32-30-28-26-24-22-20-18-16-14-12-10-8-6-4-2/h35-36,38,40,47-48H,3-34,37H2,1-2H3,(H,51,52)/t40-/m0/s1. The second-order valence-electron chi connectivity index (χ2n) is 15.4. The lowest BCUT2D eigenvalue weighted by molar-refractivity contribution is -0.158. The van der Waals surface area contributed by atoms with E-state index in [1.807, 2.05) is 0 Å². The van der Waals surface area contributed by atoms with Crippen molar-refractivity contribution >= 4 is 17.8 Å². The van der Waals surface area contributed by atoms with Crippen LogP contribution in [0.4, 0.5) is 0 Å². The first-order valence-electron chi connectivity index (χ1n) is 21.9. The third-order valence-corrected chi connectivity index (χ3v) is 10.6. The van der Waals surface area contributed by atoms with Crippen molar-refractivity contribution in [2.75, 3.05) is 0 Å². The Morgan fingerprint density at radius 3 is 1.08 bits per heavy atom. The van der Waals surface area contributed by atoms with E-state index in [0.29, 0.717) is 18.4 Å². The van der Waals surface area contributed by atoms with E-state index in [4.69, 9.17) is 0 Å². The molecule has 0 aliphatic carbocycles. The number of carbonyl (C=O) groups excluding carboxylic acids is 2. The first-order chi connectivity index (χ1) is 25.3. The van der Waals surface area contributed by atoms with E-state index in [1.54, 1.807) is 0 Å². The number of phenolic OH excluding ortho intramolecular Hbond substituents is 2. The molecule has 7 heteroatoms. The molecule has 0 saturated carbocycles. The van der Waals surface area contributed by atoms with Crippen LogP contribution in [0.25, 0.3) is 0 Å². The maximum atomic E-state index is 13.5. The topological polar surface area (TPSA) is 115 Å². The van der Waals surface area contributed by atoms with E-state index in [1.165, 1.54) is 159 Å². The molecule has 7 nitrogen and oxygen atoms in total. The molecule has 52 heavy (non-hydrogen) atoms. The lowest BCUT2D eigenvalue weighted by Crippen LogP contribution is -2.49. The fraction of sp³-hybridized carbons (Fsp3) is 0.800. The normalized spacial score (nSPS) is 11.9. The Balaban J connectivity index is 2.45. The van der Waals surface area contributed by atoms with Crippen molar-refractivity contribution in [1.29, 1.82) is 0 Å². The summed E-state index contributed by atoms with van der Waals surface area (Å²) in [6.07, 6.45) is 36.6. The van der Waals surface area contributed by atoms with Crippen LogP contribution in [0.1, 0.15) is 225 Å². The predicted octanol–water partition coefficient (Wildman–Crippen LogP) is 13.0. The minimum Gasteiger partial charge on any atom is -0.504 e. The second-order valence-corrected chi connectivity index (χ2v) is 15.4. The molecule has 0 unspecified atom stereocenters. The van der Waals surface area contributed by atoms with Crippen molar-refractivity contribution in [3.05, 3.63) is 23.8 Å². The zero-order chi connectivity index (χ0) is 38.1. The van der Waals surface area contributed by atoms with Gasteiger partial charge in [0.15, 0.2) is 11.5 Å². The van der Waals surface area contributed by atoms with Gasteiger partial charge in [0.25, 0.3) is 0 Å². The zero-order valence-electron chi connectivity index (χ0n) is 33.7. The van der Waals surface area contributed by atoms with Crippen molar-refractivity contribution in [1.82, 2.24) is 4.90 Å². The van der Waals surface area contributed by atoms with Crippen molar-refractivity contribution in [3.8, 4) is 11.5 Å². The molecule has 0 saturated heterocycles. The second kappa shape index (κ2) is 33.0. The number of benzene rings is 1. The highest BCUT2D eigenvalue weighted by molar-refractivity contribution is 5.99. The highest BCUT2D eigenvalue weighted by Gasteiger charge is 2.34. The first-order valence-corrected chi connectivity index (χ1v) is 21.9. The van der Waals surface area contributed by atoms with Gasteiger partial charge in [0.1, 0.15) is 6.04 Å². The molecule has 1 atom stereocenters. The van der Waals surface area contributed by atoms with Gasteiger partial charge in [0.2, 0.25) is 11.8 Å². The summed E-state index contributed by atoms with van der Waals surface area (Å²) in [4.78, 5) is 40.4. The minimum absolute atomic E-state index is 0.127. The lowest BCUT2D eigenvalue weighted by Gasteiger charge is -2.28. The van der Waals surface area contributed by atoms with Gasteiger partial charge in [-0.2, -0.15) is 0 Å². The van der Waals surface area contributed by atoms with Crippen LogP contribution in [-0.2, 0) is 20.8 Å². The summed E-state index contributed by atoms with van der Waals surface area (Å²) in [6, 6.07) is 2.74. The van der Waals surface area contributed by atoms with Crippen LogP contribution >= 0.6 is 0 Å². The van der Waals surface area contributed by atoms with Crippen molar-refractivity contribution in [2.45, 2.75) is 232 Å². The molecule has 0 fully saturated rings. The Morgan fingerprint density at radius 1 is 0.481 bits per heavy atom. The third kappa shape index (κ3) is 24.6. The minimum atomic E-state index is -1.36. The van der Waals surface area contributed by atoms with Gasteiger partial charge < -0.3 is 15.3 Å². The molecule has 1 aromatic rings. The summed E-state index contributed by atoms with van der Waals surface area (Å²) < 4.78 is 0. The summed E-state index contributed by atoms with van der Waals surface area (Å²) in [7, 11) is 0. The van der Waals surface area contributed by atoms with Gasteiger partial charge in [-0.05, 0) is 30.5 Å². The van der Waals surface area contributed by atoms with Crippen LogP contribution in [0.5, 0.6) is 11.5 Å². The number of carbonyl (C=O) groups is 3. The first kappa shape index (κ1) is 47.5. The van der Waals surface area contributed by atoms with Crippen LogP contribution < -0.4 is 0 Å². The molecule has 3 N–H and O–H groups in total. The van der Waals surface area contributed by atoms with Crippen LogP contribution in [0.3, 0.4) is 0 Å². The molecular formula is C45H79NO6. The Kier molecular flexibility index (Phi) is 30.1. The third-order valence-electron chi connectivity index (χ3n) is 10.6. The Hall–Kier alpha value is -2.57. The predicted molar refractivity (Wildman–Crippen MR) is 216 cm³/mol. The summed E-state index contributed by atoms with van der Waals surface area (Å²) >= 11 is 0. The van der Waals surface area contributed by atoms with Crippen LogP contribution in [0.15, 0.2) is 18.2 Å². The number of unbranched alkanes of at least 4 members (excludes halogenated alkanes) is 28. The molecule has 0 bridgehead atoms. The quantitative estimate of drug-likeness (QED) is 0.0468. The van der Waals surface area contributed by atoms with Crippen LogP contribution in [-0.4, -0.2) is 44.0 Å². The number of aromatic hydroxyl groups is 2. The average molecular weight is 730 g/mol. The molecule has 0 aliphatic heterocycles. The highest BCUT2D eigenvalue weighted by atomic mass is 16.4. The van der Waals surface area contributed by atoms with E-state index in [2.05, 4.69) is 13.8 Å².